The summed E-state index contributed by atoms with van der Waals surface area (Å²) in [6.07, 6.45) is 5.71. The first-order chi connectivity index (χ1) is 12.2. The molecular formula is C18H21N5O2. The van der Waals surface area contributed by atoms with Gasteiger partial charge in [-0.3, -0.25) is 14.4 Å². The fourth-order valence-electron chi connectivity index (χ4n) is 3.56. The number of aromatic nitrogens is 2. The Morgan fingerprint density at radius 3 is 2.92 bits per heavy atom. The lowest BCUT2D eigenvalue weighted by Crippen LogP contribution is -2.41. The Morgan fingerprint density at radius 2 is 2.16 bits per heavy atom. The predicted molar refractivity (Wildman–Crippen MR) is 93.6 cm³/mol. The molecule has 0 spiro atoms. The van der Waals surface area contributed by atoms with E-state index in [9.17, 15) is 9.59 Å². The summed E-state index contributed by atoms with van der Waals surface area (Å²) in [6.45, 7) is 2.68. The average molecular weight is 339 g/mol. The molecule has 3 heterocycles. The molecule has 0 bridgehead atoms. The monoisotopic (exact) mass is 339 g/mol. The van der Waals surface area contributed by atoms with Crippen LogP contribution in [0.3, 0.4) is 0 Å². The molecule has 1 N–H and O–H groups in total. The van der Waals surface area contributed by atoms with Crippen LogP contribution < -0.4 is 10.2 Å². The zero-order valence-corrected chi connectivity index (χ0v) is 14.0. The molecule has 0 unspecified atom stereocenters. The van der Waals surface area contributed by atoms with Gasteiger partial charge in [-0.2, -0.15) is 5.10 Å². The van der Waals surface area contributed by atoms with Crippen LogP contribution in [0, 0.1) is 0 Å². The molecule has 1 aromatic heterocycles. The maximum absolute atomic E-state index is 12.9. The molecule has 2 aliphatic rings. The van der Waals surface area contributed by atoms with Gasteiger partial charge in [-0.1, -0.05) is 6.07 Å². The molecule has 0 saturated carbocycles. The molecule has 7 heteroatoms. The Bertz CT molecular complexity index is 774. The van der Waals surface area contributed by atoms with Crippen LogP contribution in [0.5, 0.6) is 0 Å². The second kappa shape index (κ2) is 6.58. The highest BCUT2D eigenvalue weighted by Crippen LogP contribution is 2.24. The van der Waals surface area contributed by atoms with Crippen LogP contribution in [0.4, 0.5) is 10.5 Å². The zero-order chi connectivity index (χ0) is 17.2. The molecule has 25 heavy (non-hydrogen) atoms. The fraction of sp³-hybridized carbons (Fsp3) is 0.389. The molecule has 2 aromatic rings. The molecule has 7 nitrogen and oxygen atoms in total. The minimum atomic E-state index is -0.110. The third-order valence-electron chi connectivity index (χ3n) is 4.84. The van der Waals surface area contributed by atoms with Crippen LogP contribution in [-0.4, -0.2) is 52.8 Å². The fourth-order valence-corrected chi connectivity index (χ4v) is 3.56. The van der Waals surface area contributed by atoms with Crippen LogP contribution in [-0.2, 0) is 0 Å². The quantitative estimate of drug-likeness (QED) is 0.928. The molecule has 4 rings (SSSR count). The highest BCUT2D eigenvalue weighted by molar-refractivity contribution is 5.98. The van der Waals surface area contributed by atoms with Crippen molar-refractivity contribution in [2.45, 2.75) is 18.9 Å². The smallest absolute Gasteiger partial charge is 0.321 e. The summed E-state index contributed by atoms with van der Waals surface area (Å²) in [6, 6.07) is 9.35. The van der Waals surface area contributed by atoms with Gasteiger partial charge < -0.3 is 10.2 Å². The lowest BCUT2D eigenvalue weighted by molar-refractivity contribution is 0.0673. The van der Waals surface area contributed by atoms with Crippen molar-refractivity contribution < 1.29 is 9.59 Å². The van der Waals surface area contributed by atoms with Crippen LogP contribution >= 0.6 is 0 Å². The molecule has 2 fully saturated rings. The lowest BCUT2D eigenvalue weighted by atomic mass is 10.0. The van der Waals surface area contributed by atoms with Crippen molar-refractivity contribution >= 4 is 17.6 Å². The Labute approximate surface area is 146 Å². The molecule has 130 valence electrons. The van der Waals surface area contributed by atoms with Gasteiger partial charge in [0.15, 0.2) is 0 Å². The number of carbonyl (C=O) groups is 2. The van der Waals surface area contributed by atoms with Crippen molar-refractivity contribution in [3.63, 3.8) is 0 Å². The van der Waals surface area contributed by atoms with Crippen molar-refractivity contribution in [2.24, 2.45) is 0 Å². The standard InChI is InChI=1S/C18H21N5O2/c24-17(21-9-2-6-16(13-21)23-10-3-7-20-23)14-4-1-5-15(12-14)22-11-8-19-18(22)25/h1,3-5,7,10,12,16H,2,6,8-9,11,13H2,(H,19,25)/t16-/m0/s1. The minimum Gasteiger partial charge on any atom is -0.337 e. The molecule has 2 aliphatic heterocycles. The minimum absolute atomic E-state index is 0.0123. The first-order valence-electron chi connectivity index (χ1n) is 8.66. The number of urea groups is 1. The van der Waals surface area contributed by atoms with Crippen LogP contribution in [0.15, 0.2) is 42.7 Å². The van der Waals surface area contributed by atoms with E-state index in [2.05, 4.69) is 10.4 Å². The number of anilines is 1. The maximum Gasteiger partial charge on any atom is 0.321 e. The second-order valence-corrected chi connectivity index (χ2v) is 6.47. The van der Waals surface area contributed by atoms with Crippen molar-refractivity contribution in [1.82, 2.24) is 20.0 Å². The summed E-state index contributed by atoms with van der Waals surface area (Å²) in [4.78, 5) is 28.3. The van der Waals surface area contributed by atoms with Crippen molar-refractivity contribution in [3.8, 4) is 0 Å². The van der Waals surface area contributed by atoms with Crippen LogP contribution in [0.25, 0.3) is 0 Å². The van der Waals surface area contributed by atoms with E-state index in [4.69, 9.17) is 0 Å². The van der Waals surface area contributed by atoms with E-state index in [0.29, 0.717) is 25.2 Å². The summed E-state index contributed by atoms with van der Waals surface area (Å²) in [5.41, 5.74) is 1.39. The summed E-state index contributed by atoms with van der Waals surface area (Å²) < 4.78 is 1.93. The first-order valence-corrected chi connectivity index (χ1v) is 8.66. The van der Waals surface area contributed by atoms with Gasteiger partial charge in [0.05, 0.1) is 6.04 Å². The molecular weight excluding hydrogens is 318 g/mol. The normalized spacial score (nSPS) is 20.6. The summed E-state index contributed by atoms with van der Waals surface area (Å²) in [5.74, 6) is 0.0123. The van der Waals surface area contributed by atoms with E-state index in [1.54, 1.807) is 11.1 Å². The number of nitrogens with one attached hydrogen (secondary N) is 1. The van der Waals surface area contributed by atoms with E-state index >= 15 is 0 Å². The Hall–Kier alpha value is -2.83. The topological polar surface area (TPSA) is 70.5 Å². The number of hydrogen-bond donors (Lipinski definition) is 1. The molecule has 0 aliphatic carbocycles. The van der Waals surface area contributed by atoms with Gasteiger partial charge in [0.2, 0.25) is 0 Å². The third-order valence-corrected chi connectivity index (χ3v) is 4.84. The van der Waals surface area contributed by atoms with E-state index in [0.717, 1.165) is 25.1 Å². The van der Waals surface area contributed by atoms with Gasteiger partial charge in [-0.15, -0.1) is 0 Å². The summed E-state index contributed by atoms with van der Waals surface area (Å²) in [5, 5.41) is 7.09. The van der Waals surface area contributed by atoms with E-state index in [1.807, 2.05) is 46.1 Å². The van der Waals surface area contributed by atoms with Crippen LogP contribution in [0.1, 0.15) is 29.2 Å². The van der Waals surface area contributed by atoms with Crippen molar-refractivity contribution in [1.29, 1.82) is 0 Å². The van der Waals surface area contributed by atoms with Gasteiger partial charge in [0, 0.05) is 49.8 Å². The van der Waals surface area contributed by atoms with Gasteiger partial charge in [0.25, 0.3) is 5.91 Å². The number of nitrogens with zero attached hydrogens (tertiary/aromatic N) is 4. The van der Waals surface area contributed by atoms with E-state index in [1.165, 1.54) is 0 Å². The SMILES string of the molecule is O=C(c1cccc(N2CCNC2=O)c1)N1CCC[C@H](n2cccn2)C1. The molecule has 2 saturated heterocycles. The van der Waals surface area contributed by atoms with Crippen molar-refractivity contribution in [3.05, 3.63) is 48.3 Å². The van der Waals surface area contributed by atoms with Gasteiger partial charge in [-0.25, -0.2) is 4.79 Å². The highest BCUT2D eigenvalue weighted by Gasteiger charge is 2.27. The Kier molecular flexibility index (Phi) is 4.13. The van der Waals surface area contributed by atoms with Gasteiger partial charge in [0.1, 0.15) is 0 Å². The number of rotatable bonds is 3. The number of carbonyl (C=O) groups excluding carboxylic acids is 2. The largest absolute Gasteiger partial charge is 0.337 e. The lowest BCUT2D eigenvalue weighted by Gasteiger charge is -2.33. The third kappa shape index (κ3) is 3.09. The van der Waals surface area contributed by atoms with Gasteiger partial charge >= 0.3 is 6.03 Å². The molecule has 0 radical (unpaired) electrons. The Morgan fingerprint density at radius 1 is 1.24 bits per heavy atom. The Balaban J connectivity index is 1.51. The predicted octanol–water partition coefficient (Wildman–Crippen LogP) is 1.89. The number of amides is 3. The molecule has 1 atom stereocenters. The van der Waals surface area contributed by atoms with Crippen LogP contribution in [0.2, 0.25) is 0 Å². The number of likely N-dealkylation sites (tertiary alicyclic amines) is 1. The summed E-state index contributed by atoms with van der Waals surface area (Å²) >= 11 is 0. The zero-order valence-electron chi connectivity index (χ0n) is 14.0. The van der Waals surface area contributed by atoms with Gasteiger partial charge in [-0.05, 0) is 37.1 Å². The second-order valence-electron chi connectivity index (χ2n) is 6.47. The highest BCUT2D eigenvalue weighted by atomic mass is 16.2. The molecule has 1 aromatic carbocycles. The average Bonchev–Trinajstić information content (AvgIpc) is 3.33. The van der Waals surface area contributed by atoms with E-state index < -0.39 is 0 Å². The number of hydrogen-bond acceptors (Lipinski definition) is 3. The van der Waals surface area contributed by atoms with Crippen molar-refractivity contribution in [2.75, 3.05) is 31.1 Å². The number of piperidine rings is 1. The maximum atomic E-state index is 12.9. The van der Waals surface area contributed by atoms with E-state index in [-0.39, 0.29) is 18.0 Å². The number of benzene rings is 1. The first kappa shape index (κ1) is 15.7. The molecule has 3 amide bonds. The summed E-state index contributed by atoms with van der Waals surface area (Å²) in [7, 11) is 0.